The molecule has 0 atom stereocenters. The van der Waals surface area contributed by atoms with Crippen molar-refractivity contribution in [2.45, 2.75) is 31.8 Å². The van der Waals surface area contributed by atoms with E-state index in [0.29, 0.717) is 25.2 Å². The topological polar surface area (TPSA) is 57.7 Å². The Kier molecular flexibility index (Phi) is 6.94. The predicted octanol–water partition coefficient (Wildman–Crippen LogP) is 4.08. The molecule has 0 saturated heterocycles. The van der Waals surface area contributed by atoms with Gasteiger partial charge in [-0.1, -0.05) is 17.7 Å². The first-order chi connectivity index (χ1) is 13.5. The van der Waals surface area contributed by atoms with E-state index in [9.17, 15) is 26.4 Å². The van der Waals surface area contributed by atoms with Gasteiger partial charge in [0.15, 0.2) is 0 Å². The highest BCUT2D eigenvalue weighted by molar-refractivity contribution is 7.92. The number of aryl methyl sites for hydroxylation is 1. The second kappa shape index (κ2) is 8.86. The molecule has 29 heavy (non-hydrogen) atoms. The van der Waals surface area contributed by atoms with Crippen LogP contribution in [0.25, 0.3) is 0 Å². The second-order valence-electron chi connectivity index (χ2n) is 6.44. The highest BCUT2D eigenvalue weighted by atomic mass is 32.2. The first-order valence-electron chi connectivity index (χ1n) is 9.05. The van der Waals surface area contributed by atoms with Gasteiger partial charge in [0.1, 0.15) is 6.54 Å². The van der Waals surface area contributed by atoms with Crippen LogP contribution in [0, 0.1) is 6.92 Å². The fourth-order valence-corrected chi connectivity index (χ4v) is 4.18. The molecule has 0 bridgehead atoms. The first-order valence-corrected chi connectivity index (χ1v) is 10.5. The minimum atomic E-state index is -4.57. The van der Waals surface area contributed by atoms with E-state index in [0.717, 1.165) is 22.0 Å². The predicted molar refractivity (Wildman–Crippen MR) is 105 cm³/mol. The quantitative estimate of drug-likeness (QED) is 0.668. The lowest BCUT2D eigenvalue weighted by molar-refractivity contribution is -0.137. The van der Waals surface area contributed by atoms with Gasteiger partial charge in [-0.3, -0.25) is 9.10 Å². The van der Waals surface area contributed by atoms with E-state index in [4.69, 9.17) is 0 Å². The van der Waals surface area contributed by atoms with Gasteiger partial charge in [0, 0.05) is 13.1 Å². The molecule has 0 fully saturated rings. The maximum atomic E-state index is 13.2. The van der Waals surface area contributed by atoms with Gasteiger partial charge in [0.2, 0.25) is 5.91 Å². The van der Waals surface area contributed by atoms with Crippen LogP contribution in [0.5, 0.6) is 0 Å². The van der Waals surface area contributed by atoms with Crippen LogP contribution in [-0.4, -0.2) is 38.9 Å². The average molecular weight is 428 g/mol. The van der Waals surface area contributed by atoms with Crippen molar-refractivity contribution < 1.29 is 26.4 Å². The highest BCUT2D eigenvalue weighted by Gasteiger charge is 2.32. The van der Waals surface area contributed by atoms with E-state index in [2.05, 4.69) is 0 Å². The average Bonchev–Trinajstić information content (AvgIpc) is 2.67. The van der Waals surface area contributed by atoms with E-state index in [1.807, 2.05) is 6.92 Å². The molecule has 0 saturated carbocycles. The third kappa shape index (κ3) is 5.29. The van der Waals surface area contributed by atoms with Crippen LogP contribution in [0.4, 0.5) is 18.9 Å². The summed E-state index contributed by atoms with van der Waals surface area (Å²) in [5, 5.41) is 0. The molecule has 0 spiro atoms. The number of nitrogens with zero attached hydrogens (tertiary/aromatic N) is 2. The second-order valence-corrected chi connectivity index (χ2v) is 8.30. The molecule has 0 aromatic heterocycles. The van der Waals surface area contributed by atoms with E-state index in [-0.39, 0.29) is 10.6 Å². The Morgan fingerprint density at radius 1 is 0.931 bits per heavy atom. The first kappa shape index (κ1) is 22.7. The number of hydrogen-bond donors (Lipinski definition) is 0. The van der Waals surface area contributed by atoms with Crippen molar-refractivity contribution in [2.75, 3.05) is 23.9 Å². The summed E-state index contributed by atoms with van der Waals surface area (Å²) < 4.78 is 65.7. The summed E-state index contributed by atoms with van der Waals surface area (Å²) in [4.78, 5) is 13.8. The van der Waals surface area contributed by atoms with E-state index >= 15 is 0 Å². The van der Waals surface area contributed by atoms with E-state index in [1.165, 1.54) is 4.90 Å². The summed E-state index contributed by atoms with van der Waals surface area (Å²) in [6, 6.07) is 9.76. The van der Waals surface area contributed by atoms with Crippen LogP contribution in [0.3, 0.4) is 0 Å². The molecule has 0 aliphatic heterocycles. The van der Waals surface area contributed by atoms with E-state index in [1.54, 1.807) is 38.1 Å². The fourth-order valence-electron chi connectivity index (χ4n) is 2.77. The zero-order chi connectivity index (χ0) is 21.8. The van der Waals surface area contributed by atoms with Crippen molar-refractivity contribution in [2.24, 2.45) is 0 Å². The number of amides is 1. The number of carbonyl (C=O) groups is 1. The Hall–Kier alpha value is -2.55. The number of alkyl halides is 3. The minimum absolute atomic E-state index is 0.260. The summed E-state index contributed by atoms with van der Waals surface area (Å²) in [6.45, 7) is 5.77. The Morgan fingerprint density at radius 2 is 1.45 bits per heavy atom. The number of rotatable bonds is 7. The Balaban J connectivity index is 2.48. The van der Waals surface area contributed by atoms with Crippen molar-refractivity contribution in [3.8, 4) is 0 Å². The zero-order valence-electron chi connectivity index (χ0n) is 16.4. The fraction of sp³-hybridized carbons (Fsp3) is 0.350. The molecule has 1 amide bonds. The van der Waals surface area contributed by atoms with Crippen molar-refractivity contribution in [3.63, 3.8) is 0 Å². The maximum Gasteiger partial charge on any atom is 0.416 e. The van der Waals surface area contributed by atoms with Crippen LogP contribution < -0.4 is 4.31 Å². The number of anilines is 1. The van der Waals surface area contributed by atoms with Crippen LogP contribution in [0.1, 0.15) is 25.0 Å². The summed E-state index contributed by atoms with van der Waals surface area (Å²) in [5.41, 5.74) is 0.212. The summed E-state index contributed by atoms with van der Waals surface area (Å²) in [6.07, 6.45) is -4.57. The van der Waals surface area contributed by atoms with Crippen LogP contribution in [0.2, 0.25) is 0 Å². The van der Waals surface area contributed by atoms with Gasteiger partial charge >= 0.3 is 6.18 Å². The van der Waals surface area contributed by atoms with Crippen molar-refractivity contribution in [1.29, 1.82) is 0 Å². The number of sulfonamides is 1. The van der Waals surface area contributed by atoms with Crippen molar-refractivity contribution >= 4 is 21.6 Å². The normalized spacial score (nSPS) is 11.9. The van der Waals surface area contributed by atoms with Gasteiger partial charge < -0.3 is 4.90 Å². The molecular weight excluding hydrogens is 405 g/mol. The molecule has 0 aliphatic rings. The van der Waals surface area contributed by atoms with Gasteiger partial charge in [-0.2, -0.15) is 13.2 Å². The molecule has 158 valence electrons. The van der Waals surface area contributed by atoms with Crippen molar-refractivity contribution in [3.05, 3.63) is 59.7 Å². The maximum absolute atomic E-state index is 13.2. The molecule has 0 unspecified atom stereocenters. The number of benzene rings is 2. The Bertz CT molecular complexity index is 936. The minimum Gasteiger partial charge on any atom is -0.342 e. The van der Waals surface area contributed by atoms with Gasteiger partial charge in [-0.05, 0) is 57.2 Å². The molecule has 2 aromatic rings. The molecular formula is C20H23F3N2O3S. The SMILES string of the molecule is CCN(CC)C(=O)CN(c1ccc(C)cc1)S(=O)(=O)c1ccc(C(F)(F)F)cc1. The lowest BCUT2D eigenvalue weighted by Crippen LogP contribution is -2.43. The van der Waals surface area contributed by atoms with Crippen molar-refractivity contribution in [1.82, 2.24) is 4.90 Å². The number of carbonyl (C=O) groups excluding carboxylic acids is 1. The summed E-state index contributed by atoms with van der Waals surface area (Å²) in [5.74, 6) is -0.397. The third-order valence-corrected chi connectivity index (χ3v) is 6.27. The van der Waals surface area contributed by atoms with Gasteiger partial charge in [-0.15, -0.1) is 0 Å². The molecule has 5 nitrogen and oxygen atoms in total. The van der Waals surface area contributed by atoms with E-state index < -0.39 is 34.2 Å². The lowest BCUT2D eigenvalue weighted by atomic mass is 10.2. The molecule has 0 aliphatic carbocycles. The summed E-state index contributed by atoms with van der Waals surface area (Å²) >= 11 is 0. The summed E-state index contributed by atoms with van der Waals surface area (Å²) in [7, 11) is -4.26. The smallest absolute Gasteiger partial charge is 0.342 e. The molecule has 2 rings (SSSR count). The highest BCUT2D eigenvalue weighted by Crippen LogP contribution is 2.31. The molecule has 0 heterocycles. The zero-order valence-corrected chi connectivity index (χ0v) is 17.2. The third-order valence-electron chi connectivity index (χ3n) is 4.49. The largest absolute Gasteiger partial charge is 0.416 e. The van der Waals surface area contributed by atoms with Gasteiger partial charge in [-0.25, -0.2) is 8.42 Å². The number of halogens is 3. The molecule has 0 radical (unpaired) electrons. The molecule has 9 heteroatoms. The lowest BCUT2D eigenvalue weighted by Gasteiger charge is -2.27. The molecule has 0 N–H and O–H groups in total. The van der Waals surface area contributed by atoms with Crippen LogP contribution >= 0.6 is 0 Å². The number of likely N-dealkylation sites (N-methyl/N-ethyl adjacent to an activating group) is 1. The number of hydrogen-bond acceptors (Lipinski definition) is 3. The standard InChI is InChI=1S/C20H23F3N2O3S/c1-4-24(5-2)19(26)14-25(17-10-6-15(3)7-11-17)29(27,28)18-12-8-16(9-13-18)20(21,22)23/h6-13H,4-5,14H2,1-3H3. The van der Waals surface area contributed by atoms with Gasteiger partial charge in [0.05, 0.1) is 16.1 Å². The van der Waals surface area contributed by atoms with Gasteiger partial charge in [0.25, 0.3) is 10.0 Å². The van der Waals surface area contributed by atoms with Crippen LogP contribution in [-0.2, 0) is 21.0 Å². The Labute approximate surface area is 168 Å². The monoisotopic (exact) mass is 428 g/mol. The molecule has 2 aromatic carbocycles. The van der Waals surface area contributed by atoms with Crippen LogP contribution in [0.15, 0.2) is 53.4 Å². The Morgan fingerprint density at radius 3 is 1.90 bits per heavy atom.